The number of nitrogens with zero attached hydrogens (tertiary/aromatic N) is 1. The fraction of sp³-hybridized carbons (Fsp3) is 0.553. The number of allylic oxidation sites excluding steroid dienone is 3. The van der Waals surface area contributed by atoms with E-state index in [1.165, 1.54) is 0 Å². The number of methoxy groups -OCH3 is 1. The van der Waals surface area contributed by atoms with E-state index < -0.39 is 48.5 Å². The molecule has 14 heteroatoms. The summed E-state index contributed by atoms with van der Waals surface area (Å²) in [6, 6.07) is 7.89. The van der Waals surface area contributed by atoms with Crippen molar-refractivity contribution >= 4 is 34.5 Å². The molecule has 0 radical (unpaired) electrons. The number of carbonyl (C=O) groups excluding carboxylic acids is 3. The van der Waals surface area contributed by atoms with Gasteiger partial charge in [-0.25, -0.2) is 4.79 Å². The molecule has 6 unspecified atom stereocenters. The molecule has 4 aliphatic rings. The summed E-state index contributed by atoms with van der Waals surface area (Å²) in [5.41, 5.74) is 2.11. The van der Waals surface area contributed by atoms with E-state index in [1.54, 1.807) is 21.0 Å². The van der Waals surface area contributed by atoms with Crippen LogP contribution in [0.5, 0.6) is 17.2 Å². The molecule has 2 aromatic carbocycles. The number of fused-ring (bicyclic) bond motifs is 3. The Labute approximate surface area is 356 Å². The predicted molar refractivity (Wildman–Crippen MR) is 226 cm³/mol. The fourth-order valence-corrected chi connectivity index (χ4v) is 10.00. The number of likely N-dealkylation sites (tertiary alicyclic amines) is 1. The smallest absolute Gasteiger partial charge is 0.375 e. The summed E-state index contributed by atoms with van der Waals surface area (Å²) < 4.78 is 30.4. The number of rotatable bonds is 17. The average Bonchev–Trinajstić information content (AvgIpc) is 3.94. The van der Waals surface area contributed by atoms with Crippen LogP contribution in [0, 0.1) is 11.8 Å². The van der Waals surface area contributed by atoms with Gasteiger partial charge in [0.2, 0.25) is 5.76 Å². The van der Waals surface area contributed by atoms with Gasteiger partial charge in [-0.3, -0.25) is 9.59 Å². The Morgan fingerprint density at radius 2 is 1.90 bits per heavy atom. The van der Waals surface area contributed by atoms with E-state index in [2.05, 4.69) is 16.8 Å². The van der Waals surface area contributed by atoms with Gasteiger partial charge in [-0.15, -0.1) is 0 Å². The number of aldehydes is 1. The molecular formula is C47H60N2O12. The maximum absolute atomic E-state index is 14.1. The summed E-state index contributed by atoms with van der Waals surface area (Å²) >= 11 is 0. The summed E-state index contributed by atoms with van der Waals surface area (Å²) in [6.45, 7) is 6.82. The van der Waals surface area contributed by atoms with Crippen LogP contribution in [0.15, 0.2) is 47.4 Å². The number of aliphatic hydroxyl groups is 4. The monoisotopic (exact) mass is 844 g/mol. The molecule has 3 aliphatic heterocycles. The van der Waals surface area contributed by atoms with E-state index in [1.807, 2.05) is 30.5 Å². The van der Waals surface area contributed by atoms with Gasteiger partial charge in [0.15, 0.2) is 6.29 Å². The highest BCUT2D eigenvalue weighted by Crippen LogP contribution is 2.57. The van der Waals surface area contributed by atoms with E-state index >= 15 is 0 Å². The number of aromatic amines is 1. The normalized spacial score (nSPS) is 25.1. The average molecular weight is 845 g/mol. The Kier molecular flexibility index (Phi) is 14.0. The lowest BCUT2D eigenvalue weighted by Gasteiger charge is -2.46. The topological polar surface area (TPSA) is 197 Å². The third kappa shape index (κ3) is 8.50. The molecule has 330 valence electrons. The van der Waals surface area contributed by atoms with Crippen LogP contribution in [0.1, 0.15) is 93.9 Å². The Hall–Kier alpha value is -4.57. The Morgan fingerprint density at radius 3 is 2.61 bits per heavy atom. The number of benzene rings is 2. The second-order valence-corrected chi connectivity index (χ2v) is 16.8. The van der Waals surface area contributed by atoms with Crippen molar-refractivity contribution in [2.24, 2.45) is 11.8 Å². The van der Waals surface area contributed by atoms with Crippen LogP contribution < -0.4 is 14.2 Å². The van der Waals surface area contributed by atoms with Gasteiger partial charge in [-0.1, -0.05) is 18.6 Å². The van der Waals surface area contributed by atoms with Crippen molar-refractivity contribution in [3.63, 3.8) is 0 Å². The number of hydrogen-bond donors (Lipinski definition) is 5. The molecular weight excluding hydrogens is 785 g/mol. The van der Waals surface area contributed by atoms with Gasteiger partial charge < -0.3 is 54.0 Å². The lowest BCUT2D eigenvalue weighted by Crippen LogP contribution is -2.54. The second kappa shape index (κ2) is 19.2. The molecule has 14 nitrogen and oxygen atoms in total. The van der Waals surface area contributed by atoms with Gasteiger partial charge in [0.1, 0.15) is 34.7 Å². The van der Waals surface area contributed by atoms with Crippen molar-refractivity contribution < 1.29 is 58.5 Å². The first kappa shape index (κ1) is 44.5. The highest BCUT2D eigenvalue weighted by molar-refractivity contribution is 6.11. The molecule has 0 amide bonds. The van der Waals surface area contributed by atoms with E-state index in [-0.39, 0.29) is 103 Å². The third-order valence-corrected chi connectivity index (χ3v) is 13.3. The molecule has 0 bridgehead atoms. The summed E-state index contributed by atoms with van der Waals surface area (Å²) in [7, 11) is 1.70. The predicted octanol–water partition coefficient (Wildman–Crippen LogP) is 4.92. The van der Waals surface area contributed by atoms with E-state index in [4.69, 9.17) is 23.7 Å². The summed E-state index contributed by atoms with van der Waals surface area (Å²) in [6.07, 6.45) is 5.58. The Balaban J connectivity index is 1.38. The van der Waals surface area contributed by atoms with Gasteiger partial charge in [-0.05, 0) is 94.0 Å². The molecule has 1 aromatic heterocycles. The highest BCUT2D eigenvalue weighted by Gasteiger charge is 2.50. The van der Waals surface area contributed by atoms with Gasteiger partial charge in [0.05, 0.1) is 43.1 Å². The third-order valence-electron chi connectivity index (χ3n) is 13.3. The maximum Gasteiger partial charge on any atom is 0.375 e. The van der Waals surface area contributed by atoms with Crippen LogP contribution in [-0.2, 0) is 36.9 Å². The maximum atomic E-state index is 14.1. The van der Waals surface area contributed by atoms with Gasteiger partial charge in [0.25, 0.3) is 0 Å². The van der Waals surface area contributed by atoms with Crippen LogP contribution in [-0.4, -0.2) is 119 Å². The van der Waals surface area contributed by atoms with Gasteiger partial charge in [-0.2, -0.15) is 0 Å². The molecule has 1 aliphatic carbocycles. The second-order valence-electron chi connectivity index (χ2n) is 16.8. The summed E-state index contributed by atoms with van der Waals surface area (Å²) in [5.74, 6) is -2.56. The van der Waals surface area contributed by atoms with Gasteiger partial charge >= 0.3 is 5.97 Å². The number of H-pyrrole nitrogens is 1. The van der Waals surface area contributed by atoms with Crippen molar-refractivity contribution in [1.29, 1.82) is 0 Å². The Bertz CT molecular complexity index is 2170. The molecule has 1 saturated heterocycles. The largest absolute Gasteiger partial charge is 0.492 e. The summed E-state index contributed by atoms with van der Waals surface area (Å²) in [4.78, 5) is 46.9. The molecule has 0 spiro atoms. The molecule has 3 aromatic rings. The highest BCUT2D eigenvalue weighted by atomic mass is 16.6. The molecule has 4 heterocycles. The number of esters is 1. The fourth-order valence-electron chi connectivity index (χ4n) is 10.00. The molecule has 7 rings (SSSR count). The number of aromatic nitrogens is 1. The lowest BCUT2D eigenvalue weighted by molar-refractivity contribution is -0.141. The SMILES string of the molecule is CCOC(=O)C1=C(C=O)C(=C2CC(CO)C(=O)C(c3ccc4[nH]ccc4c3)C2)c2c(OCCCO)c3c(c(CO)c2O1)OC(C(C)(O)C1CCN(CCCOC)C(CC)C1)C3. The number of carbonyl (C=O) groups is 3. The van der Waals surface area contributed by atoms with E-state index in [0.29, 0.717) is 24.0 Å². The number of ether oxygens (including phenoxy) is 5. The van der Waals surface area contributed by atoms with Crippen molar-refractivity contribution in [3.8, 4) is 17.2 Å². The van der Waals surface area contributed by atoms with Crippen molar-refractivity contribution in [2.45, 2.75) is 102 Å². The number of Topliss-reactive ketones (excluding diaryl/α,β-unsaturated/α-hetero) is 1. The number of piperidine rings is 1. The van der Waals surface area contributed by atoms with Crippen molar-refractivity contribution in [1.82, 2.24) is 9.88 Å². The van der Waals surface area contributed by atoms with E-state index in [9.17, 15) is 34.8 Å². The quantitative estimate of drug-likeness (QED) is 0.0699. The first-order chi connectivity index (χ1) is 29.5. The number of aliphatic hydroxyl groups excluding tert-OH is 3. The van der Waals surface area contributed by atoms with Crippen molar-refractivity contribution in [2.75, 3.05) is 53.2 Å². The van der Waals surface area contributed by atoms with Crippen LogP contribution in [0.3, 0.4) is 0 Å². The van der Waals surface area contributed by atoms with Crippen LogP contribution >= 0.6 is 0 Å². The minimum Gasteiger partial charge on any atom is -0.492 e. The molecule has 1 saturated carbocycles. The first-order valence-corrected chi connectivity index (χ1v) is 21.7. The number of hydrogen-bond acceptors (Lipinski definition) is 13. The van der Waals surface area contributed by atoms with E-state index in [0.717, 1.165) is 55.2 Å². The molecule has 6 atom stereocenters. The van der Waals surface area contributed by atoms with Crippen LogP contribution in [0.4, 0.5) is 0 Å². The van der Waals surface area contributed by atoms with Crippen LogP contribution in [0.25, 0.3) is 16.5 Å². The van der Waals surface area contributed by atoms with Crippen LogP contribution in [0.2, 0.25) is 0 Å². The first-order valence-electron chi connectivity index (χ1n) is 21.7. The molecule has 5 N–H and O–H groups in total. The minimum absolute atomic E-state index is 0.0151. The minimum atomic E-state index is -1.32. The van der Waals surface area contributed by atoms with Crippen molar-refractivity contribution in [3.05, 3.63) is 69.6 Å². The summed E-state index contributed by atoms with van der Waals surface area (Å²) in [5, 5.41) is 45.1. The zero-order valence-corrected chi connectivity index (χ0v) is 35.7. The zero-order chi connectivity index (χ0) is 43.4. The number of ketones is 1. The molecule has 2 fully saturated rings. The lowest BCUT2D eigenvalue weighted by atomic mass is 9.71. The standard InChI is InChI=1S/C47H60N2O12/c1-5-32-22-31(12-15-49(32)14-7-17-57-4)47(3,56)38-23-34-42(60-38)36(26-53)44-40(43(34)59-18-8-16-50)39(35(25-52)45(61-44)46(55)58-6-2)29-20-30(24-51)41(54)33(21-29)27-9-10-37-28(19-27)11-13-48-37/h9-11,13,19,25,30-33,38,48,50-51,53,56H,5-8,12,14-18,20-24,26H2,1-4H3. The zero-order valence-electron chi connectivity index (χ0n) is 35.7. The number of nitrogens with one attached hydrogen (secondary N) is 1. The molecule has 61 heavy (non-hydrogen) atoms. The van der Waals surface area contributed by atoms with Gasteiger partial charge in [0, 0.05) is 80.4 Å². The Morgan fingerprint density at radius 1 is 1.08 bits per heavy atom.